The zero-order valence-corrected chi connectivity index (χ0v) is 22.5. The summed E-state index contributed by atoms with van der Waals surface area (Å²) in [6.07, 6.45) is 7.78. The number of carboxylic acid groups (broad SMARTS) is 1. The molecule has 0 amide bonds. The maximum atomic E-state index is 12.8. The molecule has 3 rings (SSSR count). The van der Waals surface area contributed by atoms with Gasteiger partial charge in [0, 0.05) is 25.1 Å². The molecule has 0 bridgehead atoms. The van der Waals surface area contributed by atoms with Crippen molar-refractivity contribution >= 4 is 15.8 Å². The van der Waals surface area contributed by atoms with Crippen LogP contribution in [0.4, 0.5) is 13.2 Å². The Morgan fingerprint density at radius 2 is 1.49 bits per heavy atom. The lowest BCUT2D eigenvalue weighted by Crippen LogP contribution is -2.29. The molecule has 0 radical (unpaired) electrons. The molecule has 212 valence electrons. The molecule has 3 aromatic rings. The van der Waals surface area contributed by atoms with Gasteiger partial charge in [-0.3, -0.25) is 9.69 Å². The Morgan fingerprint density at radius 3 is 2.05 bits per heavy atom. The molecule has 0 atom stereocenters. The zero-order chi connectivity index (χ0) is 28.5. The number of aromatic nitrogens is 2. The Labute approximate surface area is 225 Å². The fourth-order valence-corrected chi connectivity index (χ4v) is 4.83. The molecule has 1 aromatic heterocycles. The molecule has 12 heteroatoms. The number of alkyl halides is 3. The van der Waals surface area contributed by atoms with Gasteiger partial charge in [0.25, 0.3) is 15.7 Å². The second-order valence-electron chi connectivity index (χ2n) is 9.36. The van der Waals surface area contributed by atoms with Crippen LogP contribution in [0.2, 0.25) is 0 Å². The van der Waals surface area contributed by atoms with Crippen LogP contribution in [0.3, 0.4) is 0 Å². The van der Waals surface area contributed by atoms with E-state index in [-0.39, 0.29) is 19.6 Å². The van der Waals surface area contributed by atoms with Crippen LogP contribution >= 0.6 is 0 Å². The summed E-state index contributed by atoms with van der Waals surface area (Å²) in [5.41, 5.74) is -3.40. The number of unbranched alkanes of at least 4 members (excludes halogenated alkanes) is 5. The summed E-state index contributed by atoms with van der Waals surface area (Å²) in [5, 5.41) is 13.4. The van der Waals surface area contributed by atoms with Gasteiger partial charge < -0.3 is 9.63 Å². The van der Waals surface area contributed by atoms with E-state index in [2.05, 4.69) is 17.1 Å². The lowest BCUT2D eigenvalue weighted by molar-refractivity contribution is -0.138. The number of halogens is 3. The molecule has 8 nitrogen and oxygen atoms in total. The van der Waals surface area contributed by atoms with Crippen molar-refractivity contribution in [3.63, 3.8) is 0 Å². The highest BCUT2D eigenvalue weighted by atomic mass is 32.2. The van der Waals surface area contributed by atoms with Crippen molar-refractivity contribution < 1.29 is 36.0 Å². The summed E-state index contributed by atoms with van der Waals surface area (Å²) in [7, 11) is -5.45. The standard InChI is InChI=1S/C27H32F3N3O5S/c1-2-3-4-5-6-7-8-24-31-26(38-32-24)22-13-9-20(10-14-22)17-33(19-25(34)35)18-21-11-15-23(16-12-21)39(36,37)27(28,29)30/h9-16H,2-8,17-19H2,1H3,(H,34,35). The lowest BCUT2D eigenvalue weighted by atomic mass is 10.1. The lowest BCUT2D eigenvalue weighted by Gasteiger charge is -2.21. The predicted molar refractivity (Wildman–Crippen MR) is 138 cm³/mol. The minimum atomic E-state index is -5.45. The first-order valence-electron chi connectivity index (χ1n) is 12.8. The minimum Gasteiger partial charge on any atom is -0.480 e. The number of aliphatic carboxylic acids is 1. The van der Waals surface area contributed by atoms with E-state index >= 15 is 0 Å². The number of carbonyl (C=O) groups is 1. The van der Waals surface area contributed by atoms with Crippen molar-refractivity contribution in [2.24, 2.45) is 0 Å². The Bertz CT molecular complexity index is 1310. The van der Waals surface area contributed by atoms with Crippen molar-refractivity contribution in [3.8, 4) is 11.5 Å². The first-order chi connectivity index (χ1) is 18.5. The number of sulfone groups is 1. The molecule has 0 aliphatic carbocycles. The molecule has 0 aliphatic heterocycles. The van der Waals surface area contributed by atoms with Crippen LogP contribution in [-0.2, 0) is 34.1 Å². The van der Waals surface area contributed by atoms with E-state index < -0.39 is 26.2 Å². The maximum absolute atomic E-state index is 12.8. The summed E-state index contributed by atoms with van der Waals surface area (Å²) in [4.78, 5) is 16.6. The summed E-state index contributed by atoms with van der Waals surface area (Å²) < 4.78 is 66.9. The van der Waals surface area contributed by atoms with Crippen LogP contribution in [-0.4, -0.2) is 46.6 Å². The van der Waals surface area contributed by atoms with Gasteiger partial charge in [-0.15, -0.1) is 0 Å². The second kappa shape index (κ2) is 13.7. The topological polar surface area (TPSA) is 114 Å². The van der Waals surface area contributed by atoms with E-state index in [0.717, 1.165) is 42.5 Å². The number of hydrogen-bond donors (Lipinski definition) is 1. The molecule has 0 fully saturated rings. The molecular formula is C27H32F3N3O5S. The molecule has 0 spiro atoms. The normalized spacial score (nSPS) is 12.2. The fourth-order valence-electron chi connectivity index (χ4n) is 4.07. The minimum absolute atomic E-state index is 0.0891. The summed E-state index contributed by atoms with van der Waals surface area (Å²) in [6.45, 7) is 2.19. The molecule has 1 heterocycles. The number of nitrogens with zero attached hydrogens (tertiary/aromatic N) is 3. The van der Waals surface area contributed by atoms with E-state index in [1.54, 1.807) is 29.2 Å². The average Bonchev–Trinajstić information content (AvgIpc) is 3.35. The number of carboxylic acids is 1. The van der Waals surface area contributed by atoms with Gasteiger partial charge in [-0.25, -0.2) is 8.42 Å². The largest absolute Gasteiger partial charge is 0.501 e. The average molecular weight is 568 g/mol. The Balaban J connectivity index is 1.61. The number of hydrogen-bond acceptors (Lipinski definition) is 7. The van der Waals surface area contributed by atoms with Crippen LogP contribution in [0.15, 0.2) is 57.9 Å². The highest BCUT2D eigenvalue weighted by Gasteiger charge is 2.46. The van der Waals surface area contributed by atoms with E-state index in [4.69, 9.17) is 4.52 Å². The van der Waals surface area contributed by atoms with Crippen molar-refractivity contribution in [1.82, 2.24) is 15.0 Å². The monoisotopic (exact) mass is 567 g/mol. The van der Waals surface area contributed by atoms with Crippen LogP contribution in [0.1, 0.15) is 62.4 Å². The van der Waals surface area contributed by atoms with Crippen LogP contribution < -0.4 is 0 Å². The quantitative estimate of drug-likeness (QED) is 0.222. The smallest absolute Gasteiger partial charge is 0.480 e. The van der Waals surface area contributed by atoms with Crippen LogP contribution in [0, 0.1) is 0 Å². The number of aryl methyl sites for hydroxylation is 1. The SMILES string of the molecule is CCCCCCCCc1noc(-c2ccc(CN(CC(=O)O)Cc3ccc(S(=O)(=O)C(F)(F)F)cc3)cc2)n1. The summed E-state index contributed by atoms with van der Waals surface area (Å²) in [6, 6.07) is 11.4. The van der Waals surface area contributed by atoms with E-state index in [1.807, 2.05) is 0 Å². The fraction of sp³-hybridized carbons (Fsp3) is 0.444. The third-order valence-corrected chi connectivity index (χ3v) is 7.63. The van der Waals surface area contributed by atoms with E-state index in [0.29, 0.717) is 17.3 Å². The van der Waals surface area contributed by atoms with E-state index in [1.165, 1.54) is 37.8 Å². The number of benzene rings is 2. The first-order valence-corrected chi connectivity index (χ1v) is 14.2. The second-order valence-corrected chi connectivity index (χ2v) is 11.3. The third-order valence-electron chi connectivity index (χ3n) is 6.13. The van der Waals surface area contributed by atoms with Gasteiger partial charge in [-0.1, -0.05) is 68.4 Å². The van der Waals surface area contributed by atoms with Gasteiger partial charge in [0.1, 0.15) is 0 Å². The van der Waals surface area contributed by atoms with Crippen LogP contribution in [0.25, 0.3) is 11.5 Å². The predicted octanol–water partition coefficient (Wildman–Crippen LogP) is 6.02. The summed E-state index contributed by atoms with van der Waals surface area (Å²) in [5.74, 6) is -0.0169. The van der Waals surface area contributed by atoms with Crippen molar-refractivity contribution in [2.75, 3.05) is 6.54 Å². The Kier molecular flexibility index (Phi) is 10.6. The van der Waals surface area contributed by atoms with Gasteiger partial charge in [0.05, 0.1) is 11.4 Å². The van der Waals surface area contributed by atoms with Crippen molar-refractivity contribution in [3.05, 3.63) is 65.5 Å². The van der Waals surface area contributed by atoms with Gasteiger partial charge >= 0.3 is 11.5 Å². The molecule has 2 aromatic carbocycles. The third kappa shape index (κ3) is 8.89. The van der Waals surface area contributed by atoms with Gasteiger partial charge in [-0.05, 0) is 41.8 Å². The Morgan fingerprint density at radius 1 is 0.923 bits per heavy atom. The maximum Gasteiger partial charge on any atom is 0.501 e. The highest BCUT2D eigenvalue weighted by Crippen LogP contribution is 2.30. The molecule has 0 saturated heterocycles. The molecule has 0 unspecified atom stereocenters. The number of rotatable bonds is 15. The van der Waals surface area contributed by atoms with Gasteiger partial charge in [0.15, 0.2) is 5.82 Å². The van der Waals surface area contributed by atoms with Gasteiger partial charge in [-0.2, -0.15) is 18.2 Å². The highest BCUT2D eigenvalue weighted by molar-refractivity contribution is 7.92. The van der Waals surface area contributed by atoms with E-state index in [9.17, 15) is 31.5 Å². The zero-order valence-electron chi connectivity index (χ0n) is 21.7. The Hall–Kier alpha value is -3.25. The molecule has 1 N–H and O–H groups in total. The molecular weight excluding hydrogens is 535 g/mol. The first kappa shape index (κ1) is 30.3. The molecule has 39 heavy (non-hydrogen) atoms. The van der Waals surface area contributed by atoms with Gasteiger partial charge in [0.2, 0.25) is 0 Å². The van der Waals surface area contributed by atoms with Crippen LogP contribution in [0.5, 0.6) is 0 Å². The molecule has 0 aliphatic rings. The summed E-state index contributed by atoms with van der Waals surface area (Å²) >= 11 is 0. The van der Waals surface area contributed by atoms with Crippen molar-refractivity contribution in [1.29, 1.82) is 0 Å². The van der Waals surface area contributed by atoms with Crippen molar-refractivity contribution in [2.45, 2.75) is 75.4 Å². The molecule has 0 saturated carbocycles.